The molecule has 4 nitrogen and oxygen atoms in total. The maximum atomic E-state index is 10.1. The SMILES string of the molecule is CCCN(Cc1ccc(OC)cc1)CC(O)COCC(C)C. The lowest BCUT2D eigenvalue weighted by molar-refractivity contribution is 0.00692. The van der Waals surface area contributed by atoms with Crippen molar-refractivity contribution in [1.82, 2.24) is 4.90 Å². The molecule has 0 fully saturated rings. The van der Waals surface area contributed by atoms with Crippen molar-refractivity contribution >= 4 is 0 Å². The molecule has 126 valence electrons. The molecule has 22 heavy (non-hydrogen) atoms. The smallest absolute Gasteiger partial charge is 0.118 e. The summed E-state index contributed by atoms with van der Waals surface area (Å²) in [5.74, 6) is 1.37. The maximum absolute atomic E-state index is 10.1. The number of hydrogen-bond donors (Lipinski definition) is 1. The largest absolute Gasteiger partial charge is 0.497 e. The van der Waals surface area contributed by atoms with Crippen LogP contribution in [0.3, 0.4) is 0 Å². The van der Waals surface area contributed by atoms with Crippen molar-refractivity contribution in [2.45, 2.75) is 39.8 Å². The summed E-state index contributed by atoms with van der Waals surface area (Å²) in [5, 5.41) is 10.1. The minimum Gasteiger partial charge on any atom is -0.497 e. The lowest BCUT2D eigenvalue weighted by Gasteiger charge is -2.25. The molecule has 0 aliphatic rings. The molecule has 0 radical (unpaired) electrons. The first-order valence-corrected chi connectivity index (χ1v) is 8.16. The van der Waals surface area contributed by atoms with Crippen LogP contribution in [-0.4, -0.2) is 49.5 Å². The molecule has 0 aromatic heterocycles. The van der Waals surface area contributed by atoms with Gasteiger partial charge in [0, 0.05) is 19.7 Å². The molecular formula is C18H31NO3. The van der Waals surface area contributed by atoms with Crippen LogP contribution in [0.1, 0.15) is 32.8 Å². The molecule has 0 amide bonds. The number of ether oxygens (including phenoxy) is 2. The summed E-state index contributed by atoms with van der Waals surface area (Å²) in [6.45, 7) is 9.91. The molecule has 1 atom stereocenters. The van der Waals surface area contributed by atoms with Gasteiger partial charge in [-0.25, -0.2) is 0 Å². The van der Waals surface area contributed by atoms with Crippen LogP contribution >= 0.6 is 0 Å². The second kappa shape index (κ2) is 10.6. The summed E-state index contributed by atoms with van der Waals surface area (Å²) in [4.78, 5) is 2.27. The molecule has 0 aliphatic carbocycles. The van der Waals surface area contributed by atoms with Crippen molar-refractivity contribution in [2.75, 3.05) is 33.4 Å². The number of aliphatic hydroxyl groups is 1. The molecule has 0 spiro atoms. The van der Waals surface area contributed by atoms with Crippen LogP contribution in [0.4, 0.5) is 0 Å². The molecule has 1 N–H and O–H groups in total. The molecule has 1 aromatic rings. The lowest BCUT2D eigenvalue weighted by atomic mass is 10.2. The zero-order valence-electron chi connectivity index (χ0n) is 14.4. The normalized spacial score (nSPS) is 12.9. The Morgan fingerprint density at radius 2 is 1.82 bits per heavy atom. The fraction of sp³-hybridized carbons (Fsp3) is 0.667. The number of methoxy groups -OCH3 is 1. The molecule has 0 saturated heterocycles. The molecule has 0 aliphatic heterocycles. The third-order valence-electron chi connectivity index (χ3n) is 3.34. The van der Waals surface area contributed by atoms with E-state index in [-0.39, 0.29) is 0 Å². The van der Waals surface area contributed by atoms with E-state index in [0.29, 0.717) is 25.7 Å². The van der Waals surface area contributed by atoms with E-state index >= 15 is 0 Å². The summed E-state index contributed by atoms with van der Waals surface area (Å²) < 4.78 is 10.7. The fourth-order valence-corrected chi connectivity index (χ4v) is 2.33. The summed E-state index contributed by atoms with van der Waals surface area (Å²) in [6.07, 6.45) is 0.624. The van der Waals surface area contributed by atoms with E-state index in [9.17, 15) is 5.11 Å². The van der Waals surface area contributed by atoms with Gasteiger partial charge in [-0.3, -0.25) is 4.90 Å². The Hall–Kier alpha value is -1.10. The van der Waals surface area contributed by atoms with Crippen LogP contribution in [0.15, 0.2) is 24.3 Å². The summed E-state index contributed by atoms with van der Waals surface area (Å²) in [5.41, 5.74) is 1.23. The van der Waals surface area contributed by atoms with Gasteiger partial charge in [-0.2, -0.15) is 0 Å². The van der Waals surface area contributed by atoms with E-state index < -0.39 is 6.10 Å². The van der Waals surface area contributed by atoms with Gasteiger partial charge < -0.3 is 14.6 Å². The van der Waals surface area contributed by atoms with E-state index in [4.69, 9.17) is 9.47 Å². The van der Waals surface area contributed by atoms with Crippen LogP contribution in [0.5, 0.6) is 5.75 Å². The van der Waals surface area contributed by atoms with Gasteiger partial charge in [0.25, 0.3) is 0 Å². The number of rotatable bonds is 11. The zero-order chi connectivity index (χ0) is 16.4. The third kappa shape index (κ3) is 7.78. The molecular weight excluding hydrogens is 278 g/mol. The highest BCUT2D eigenvalue weighted by molar-refractivity contribution is 5.27. The van der Waals surface area contributed by atoms with Crippen LogP contribution in [0, 0.1) is 5.92 Å². The van der Waals surface area contributed by atoms with Crippen LogP contribution in [0.2, 0.25) is 0 Å². The highest BCUT2D eigenvalue weighted by atomic mass is 16.5. The predicted molar refractivity (Wildman–Crippen MR) is 90.2 cm³/mol. The molecule has 0 bridgehead atoms. The van der Waals surface area contributed by atoms with Gasteiger partial charge in [0.1, 0.15) is 5.75 Å². The predicted octanol–water partition coefficient (Wildman–Crippen LogP) is 2.94. The van der Waals surface area contributed by atoms with E-state index in [1.54, 1.807) is 7.11 Å². The Labute approximate surface area is 135 Å². The average Bonchev–Trinajstić information content (AvgIpc) is 2.48. The fourth-order valence-electron chi connectivity index (χ4n) is 2.33. The molecule has 0 heterocycles. The topological polar surface area (TPSA) is 41.9 Å². The Morgan fingerprint density at radius 3 is 2.36 bits per heavy atom. The highest BCUT2D eigenvalue weighted by Gasteiger charge is 2.12. The van der Waals surface area contributed by atoms with Crippen molar-refractivity contribution in [3.05, 3.63) is 29.8 Å². The Morgan fingerprint density at radius 1 is 1.14 bits per heavy atom. The summed E-state index contributed by atoms with van der Waals surface area (Å²) in [6, 6.07) is 8.09. The van der Waals surface area contributed by atoms with Crippen molar-refractivity contribution in [3.8, 4) is 5.75 Å². The van der Waals surface area contributed by atoms with Crippen LogP contribution < -0.4 is 4.74 Å². The monoisotopic (exact) mass is 309 g/mol. The first-order chi connectivity index (χ1) is 10.5. The van der Waals surface area contributed by atoms with Crippen LogP contribution in [-0.2, 0) is 11.3 Å². The van der Waals surface area contributed by atoms with E-state index in [1.165, 1.54) is 5.56 Å². The van der Waals surface area contributed by atoms with Crippen molar-refractivity contribution < 1.29 is 14.6 Å². The number of nitrogens with zero attached hydrogens (tertiary/aromatic N) is 1. The van der Waals surface area contributed by atoms with E-state index in [2.05, 4.69) is 37.8 Å². The molecule has 1 aromatic carbocycles. The van der Waals surface area contributed by atoms with Gasteiger partial charge in [0.2, 0.25) is 0 Å². The number of hydrogen-bond acceptors (Lipinski definition) is 4. The maximum Gasteiger partial charge on any atom is 0.118 e. The first-order valence-electron chi connectivity index (χ1n) is 8.16. The first kappa shape index (κ1) is 18.9. The quantitative estimate of drug-likeness (QED) is 0.682. The van der Waals surface area contributed by atoms with Crippen LogP contribution in [0.25, 0.3) is 0 Å². The second-order valence-electron chi connectivity index (χ2n) is 6.17. The molecule has 4 heteroatoms. The minimum atomic E-state index is -0.441. The molecule has 1 unspecified atom stereocenters. The summed E-state index contributed by atoms with van der Waals surface area (Å²) in [7, 11) is 1.67. The zero-order valence-corrected chi connectivity index (χ0v) is 14.4. The van der Waals surface area contributed by atoms with Gasteiger partial charge in [-0.05, 0) is 36.6 Å². The molecule has 0 saturated carbocycles. The van der Waals surface area contributed by atoms with Gasteiger partial charge in [0.15, 0.2) is 0 Å². The number of aliphatic hydroxyl groups excluding tert-OH is 1. The van der Waals surface area contributed by atoms with Gasteiger partial charge in [-0.1, -0.05) is 32.9 Å². The average molecular weight is 309 g/mol. The Bertz CT molecular complexity index is 392. The Balaban J connectivity index is 2.45. The van der Waals surface area contributed by atoms with Gasteiger partial charge in [-0.15, -0.1) is 0 Å². The second-order valence-corrected chi connectivity index (χ2v) is 6.17. The highest BCUT2D eigenvalue weighted by Crippen LogP contribution is 2.13. The van der Waals surface area contributed by atoms with E-state index in [1.807, 2.05) is 12.1 Å². The van der Waals surface area contributed by atoms with Crippen molar-refractivity contribution in [3.63, 3.8) is 0 Å². The van der Waals surface area contributed by atoms with Crippen molar-refractivity contribution in [2.24, 2.45) is 5.92 Å². The lowest BCUT2D eigenvalue weighted by Crippen LogP contribution is -2.35. The Kier molecular flexibility index (Phi) is 9.13. The minimum absolute atomic E-state index is 0.404. The van der Waals surface area contributed by atoms with Gasteiger partial charge in [0.05, 0.1) is 19.8 Å². The standard InChI is InChI=1S/C18H31NO3/c1-5-10-19(12-17(20)14-22-13-15(2)3)11-16-6-8-18(21-4)9-7-16/h6-9,15,17,20H,5,10-14H2,1-4H3. The van der Waals surface area contributed by atoms with Crippen molar-refractivity contribution in [1.29, 1.82) is 0 Å². The van der Waals surface area contributed by atoms with Gasteiger partial charge >= 0.3 is 0 Å². The molecule has 1 rings (SSSR count). The summed E-state index contributed by atoms with van der Waals surface area (Å²) >= 11 is 0. The van der Waals surface area contributed by atoms with E-state index in [0.717, 1.165) is 25.3 Å². The number of benzene rings is 1. The third-order valence-corrected chi connectivity index (χ3v) is 3.34.